The van der Waals surface area contributed by atoms with Crippen LogP contribution in [0, 0.1) is 5.82 Å². The topological polar surface area (TPSA) is 74.9 Å². The molecule has 1 aromatic carbocycles. The predicted octanol–water partition coefficient (Wildman–Crippen LogP) is 4.14. The van der Waals surface area contributed by atoms with Crippen molar-refractivity contribution in [1.29, 1.82) is 0 Å². The average molecular weight is 535 g/mol. The number of hydrogen-bond acceptors (Lipinski definition) is 4. The summed E-state index contributed by atoms with van der Waals surface area (Å²) >= 11 is 0. The number of pyridine rings is 1. The molecule has 4 aromatic rings. The Kier molecular flexibility index (Phi) is 5.26. The molecule has 0 aliphatic carbocycles. The van der Waals surface area contributed by atoms with Gasteiger partial charge >= 0.3 is 6.03 Å². The van der Waals surface area contributed by atoms with Crippen molar-refractivity contribution < 1.29 is 22.8 Å². The lowest BCUT2D eigenvalue weighted by atomic mass is 9.99. The first kappa shape index (κ1) is 23.8. The van der Waals surface area contributed by atoms with E-state index in [1.807, 2.05) is 39.6 Å². The number of nitrogens with one attached hydrogen (secondary N) is 1. The van der Waals surface area contributed by atoms with E-state index in [-0.39, 0.29) is 44.8 Å². The maximum absolute atomic E-state index is 15.0. The van der Waals surface area contributed by atoms with Gasteiger partial charge in [0.2, 0.25) is 0 Å². The Morgan fingerprint density at radius 2 is 1.97 bits per heavy atom. The zero-order valence-corrected chi connectivity index (χ0v) is 21.0. The van der Waals surface area contributed by atoms with Crippen LogP contribution in [0.15, 0.2) is 48.9 Å². The zero-order chi connectivity index (χ0) is 26.9. The molecule has 0 atom stereocenters. The number of piperidine rings is 1. The third kappa shape index (κ3) is 3.86. The normalized spacial score (nSPS) is 19.2. The van der Waals surface area contributed by atoms with Gasteiger partial charge < -0.3 is 19.7 Å². The van der Waals surface area contributed by atoms with Crippen molar-refractivity contribution in [2.24, 2.45) is 0 Å². The molecular formula is C28H25F3N6O2. The Morgan fingerprint density at radius 1 is 1.10 bits per heavy atom. The van der Waals surface area contributed by atoms with Crippen molar-refractivity contribution in [2.75, 3.05) is 26.2 Å². The van der Waals surface area contributed by atoms with E-state index in [0.29, 0.717) is 34.3 Å². The van der Waals surface area contributed by atoms with Crippen LogP contribution in [0.25, 0.3) is 27.8 Å². The molecule has 0 unspecified atom stereocenters. The number of halogens is 3. The molecule has 3 aliphatic rings. The molecule has 3 aliphatic heterocycles. The van der Waals surface area contributed by atoms with E-state index in [9.17, 15) is 18.4 Å². The fraction of sp³-hybridized carbons (Fsp3) is 0.321. The standard InChI is InChI=1S/C28H25F3N6O2/c29-18-10-17-14-35(27(39)36-6-3-5-28(30,31)16-36)9-8-34-15-20(19(11-18)26(17)34)24-22(38)13-33-25(24)21-12-32-23-4-1-2-7-37(21)23/h1-2,4,7,10-12,15,33H,3,5-6,8-9,13-14,16H2. The second kappa shape index (κ2) is 8.62. The summed E-state index contributed by atoms with van der Waals surface area (Å²) in [6, 6.07) is 7.97. The molecule has 200 valence electrons. The molecule has 0 radical (unpaired) electrons. The van der Waals surface area contributed by atoms with Crippen molar-refractivity contribution in [3.63, 3.8) is 0 Å². The number of alkyl halides is 2. The number of amides is 2. The molecule has 3 aromatic heterocycles. The number of rotatable bonds is 2. The first-order valence-electron chi connectivity index (χ1n) is 13.0. The van der Waals surface area contributed by atoms with Crippen LogP contribution in [0.1, 0.15) is 29.7 Å². The van der Waals surface area contributed by atoms with Gasteiger partial charge in [-0.15, -0.1) is 0 Å². The Morgan fingerprint density at radius 3 is 2.82 bits per heavy atom. The highest BCUT2D eigenvalue weighted by molar-refractivity contribution is 6.33. The molecule has 1 fully saturated rings. The van der Waals surface area contributed by atoms with Crippen LogP contribution in [0.5, 0.6) is 0 Å². The Bertz CT molecular complexity index is 1700. The summed E-state index contributed by atoms with van der Waals surface area (Å²) in [5.74, 6) is -3.51. The van der Waals surface area contributed by atoms with E-state index < -0.39 is 24.3 Å². The number of benzene rings is 1. The maximum Gasteiger partial charge on any atom is 0.320 e. The molecule has 1 N–H and O–H groups in total. The largest absolute Gasteiger partial charge is 0.375 e. The first-order valence-corrected chi connectivity index (χ1v) is 13.0. The van der Waals surface area contributed by atoms with E-state index in [1.54, 1.807) is 6.20 Å². The van der Waals surface area contributed by atoms with Crippen molar-refractivity contribution >= 4 is 39.6 Å². The fourth-order valence-corrected chi connectivity index (χ4v) is 6.10. The monoisotopic (exact) mass is 534 g/mol. The molecule has 39 heavy (non-hydrogen) atoms. The summed E-state index contributed by atoms with van der Waals surface area (Å²) in [7, 11) is 0. The highest BCUT2D eigenvalue weighted by atomic mass is 19.3. The number of nitrogens with zero attached hydrogens (tertiary/aromatic N) is 5. The van der Waals surface area contributed by atoms with Crippen molar-refractivity contribution in [3.8, 4) is 0 Å². The van der Waals surface area contributed by atoms with Crippen molar-refractivity contribution in [3.05, 3.63) is 71.6 Å². The number of ketones is 1. The molecule has 2 amide bonds. The Hall–Kier alpha value is -4.28. The van der Waals surface area contributed by atoms with Gasteiger partial charge in [0.05, 0.1) is 41.8 Å². The quantitative estimate of drug-likeness (QED) is 0.420. The minimum Gasteiger partial charge on any atom is -0.375 e. The number of urea groups is 1. The highest BCUT2D eigenvalue weighted by Crippen LogP contribution is 2.38. The number of fused-ring (bicyclic) bond motifs is 1. The molecule has 8 nitrogen and oxygen atoms in total. The third-order valence-corrected chi connectivity index (χ3v) is 7.82. The number of carbonyl (C=O) groups excluding carboxylic acids is 2. The number of carbonyl (C=O) groups is 2. The Balaban J connectivity index is 1.31. The summed E-state index contributed by atoms with van der Waals surface area (Å²) in [4.78, 5) is 33.6. The zero-order valence-electron chi connectivity index (χ0n) is 21.0. The summed E-state index contributed by atoms with van der Waals surface area (Å²) in [6.45, 7) is 0.519. The minimum atomic E-state index is -2.90. The van der Waals surface area contributed by atoms with E-state index in [0.717, 1.165) is 16.9 Å². The lowest BCUT2D eigenvalue weighted by Gasteiger charge is -2.36. The Labute approximate surface area is 221 Å². The number of likely N-dealkylation sites (tertiary alicyclic amines) is 1. The lowest BCUT2D eigenvalue weighted by molar-refractivity contribution is -0.112. The summed E-state index contributed by atoms with van der Waals surface area (Å²) in [6.07, 6.45) is 5.43. The number of Topliss-reactive ketones (excluding diaryl/α,β-unsaturated/α-hetero) is 1. The van der Waals surface area contributed by atoms with E-state index in [4.69, 9.17) is 0 Å². The van der Waals surface area contributed by atoms with Crippen LogP contribution in [0.3, 0.4) is 0 Å². The van der Waals surface area contributed by atoms with Crippen LogP contribution in [0.2, 0.25) is 0 Å². The molecule has 0 bridgehead atoms. The molecule has 6 heterocycles. The molecule has 1 saturated heterocycles. The van der Waals surface area contributed by atoms with Crippen LogP contribution in [0.4, 0.5) is 18.0 Å². The van der Waals surface area contributed by atoms with Crippen LogP contribution in [-0.4, -0.2) is 67.7 Å². The summed E-state index contributed by atoms with van der Waals surface area (Å²) in [5.41, 5.74) is 4.47. The smallest absolute Gasteiger partial charge is 0.320 e. The first-order chi connectivity index (χ1) is 18.8. The third-order valence-electron chi connectivity index (χ3n) is 7.82. The van der Waals surface area contributed by atoms with Gasteiger partial charge in [0, 0.05) is 55.9 Å². The van der Waals surface area contributed by atoms with Gasteiger partial charge in [-0.25, -0.2) is 22.9 Å². The van der Waals surface area contributed by atoms with Gasteiger partial charge in [0.15, 0.2) is 5.78 Å². The second-order valence-corrected chi connectivity index (χ2v) is 10.4. The number of hydrogen-bond donors (Lipinski definition) is 1. The minimum absolute atomic E-state index is 0.0873. The van der Waals surface area contributed by atoms with E-state index >= 15 is 4.39 Å². The predicted molar refractivity (Wildman–Crippen MR) is 138 cm³/mol. The van der Waals surface area contributed by atoms with Crippen molar-refractivity contribution in [2.45, 2.75) is 31.9 Å². The van der Waals surface area contributed by atoms with Crippen LogP contribution < -0.4 is 5.32 Å². The van der Waals surface area contributed by atoms with E-state index in [1.165, 1.54) is 21.9 Å². The van der Waals surface area contributed by atoms with Gasteiger partial charge in [-0.1, -0.05) is 6.07 Å². The second-order valence-electron chi connectivity index (χ2n) is 10.4. The lowest BCUT2D eigenvalue weighted by Crippen LogP contribution is -2.51. The fourth-order valence-electron chi connectivity index (χ4n) is 6.10. The molecule has 7 rings (SSSR count). The number of imidazole rings is 1. The average Bonchev–Trinajstić information content (AvgIpc) is 3.56. The van der Waals surface area contributed by atoms with Crippen LogP contribution >= 0.6 is 0 Å². The van der Waals surface area contributed by atoms with Gasteiger partial charge in [-0.2, -0.15) is 0 Å². The summed E-state index contributed by atoms with van der Waals surface area (Å²) in [5, 5.41) is 3.78. The van der Waals surface area contributed by atoms with E-state index in [2.05, 4.69) is 10.3 Å². The number of aromatic nitrogens is 3. The van der Waals surface area contributed by atoms with Gasteiger partial charge in [0.25, 0.3) is 5.92 Å². The maximum atomic E-state index is 15.0. The molecule has 11 heteroatoms. The SMILES string of the molecule is O=C1CNC(c2cnc3ccccn23)=C1c1cn2c3c(cc(F)cc13)CN(C(=O)N1CCCC(F)(F)C1)CC2. The molecule has 0 saturated carbocycles. The van der Waals surface area contributed by atoms with Gasteiger partial charge in [-0.3, -0.25) is 9.20 Å². The highest BCUT2D eigenvalue weighted by Gasteiger charge is 2.39. The summed E-state index contributed by atoms with van der Waals surface area (Å²) < 4.78 is 46.8. The van der Waals surface area contributed by atoms with Gasteiger partial charge in [-0.05, 0) is 36.2 Å². The molecular weight excluding hydrogens is 509 g/mol. The van der Waals surface area contributed by atoms with Gasteiger partial charge in [0.1, 0.15) is 11.5 Å². The molecule has 0 spiro atoms. The van der Waals surface area contributed by atoms with Crippen LogP contribution in [-0.2, 0) is 17.9 Å². The van der Waals surface area contributed by atoms with Crippen molar-refractivity contribution in [1.82, 2.24) is 29.1 Å².